The van der Waals surface area contributed by atoms with Crippen LogP contribution in [0.5, 0.6) is 0 Å². The Morgan fingerprint density at radius 2 is 1.94 bits per heavy atom. The van der Waals surface area contributed by atoms with Gasteiger partial charge in [-0.15, -0.1) is 0 Å². The summed E-state index contributed by atoms with van der Waals surface area (Å²) in [5.41, 5.74) is 0. The number of rotatable bonds is 4. The third-order valence-electron chi connectivity index (χ3n) is 4.32. The van der Waals surface area contributed by atoms with Crippen molar-refractivity contribution in [2.45, 2.75) is 51.1 Å². The maximum Gasteiger partial charge on any atom is 0.0446 e. The molecule has 3 nitrogen and oxygen atoms in total. The molecule has 2 fully saturated rings. The Hall–Kier alpha value is -0.120. The van der Waals surface area contributed by atoms with Gasteiger partial charge in [0.2, 0.25) is 0 Å². The largest absolute Gasteiger partial charge is 0.396 e. The Labute approximate surface area is 99.4 Å². The SMILES string of the molecule is CCN1CCN(C2CCCC2)C(CCO)C1. The number of hydrogen-bond acceptors (Lipinski definition) is 3. The van der Waals surface area contributed by atoms with E-state index in [-0.39, 0.29) is 0 Å². The number of likely N-dealkylation sites (N-methyl/N-ethyl adjacent to an activating group) is 1. The maximum absolute atomic E-state index is 9.19. The second-order valence-corrected chi connectivity index (χ2v) is 5.24. The lowest BCUT2D eigenvalue weighted by molar-refractivity contribution is 0.0321. The lowest BCUT2D eigenvalue weighted by Crippen LogP contribution is -2.56. The molecule has 1 atom stereocenters. The van der Waals surface area contributed by atoms with Crippen LogP contribution in [0.1, 0.15) is 39.0 Å². The molecule has 2 aliphatic rings. The zero-order valence-electron chi connectivity index (χ0n) is 10.6. The number of hydrogen-bond donors (Lipinski definition) is 1. The van der Waals surface area contributed by atoms with Gasteiger partial charge in [-0.3, -0.25) is 4.90 Å². The van der Waals surface area contributed by atoms with Crippen molar-refractivity contribution in [2.75, 3.05) is 32.8 Å². The fraction of sp³-hybridized carbons (Fsp3) is 1.00. The van der Waals surface area contributed by atoms with Gasteiger partial charge in [-0.25, -0.2) is 0 Å². The molecule has 16 heavy (non-hydrogen) atoms. The standard InChI is InChI=1S/C13H26N2O/c1-2-14-8-9-15(12-5-3-4-6-12)13(11-14)7-10-16/h12-13,16H,2-11H2,1H3. The van der Waals surface area contributed by atoms with Gasteiger partial charge in [0.15, 0.2) is 0 Å². The van der Waals surface area contributed by atoms with E-state index in [0.717, 1.165) is 25.6 Å². The minimum atomic E-state index is 0.339. The molecule has 0 aromatic carbocycles. The highest BCUT2D eigenvalue weighted by Gasteiger charge is 2.32. The molecule has 0 aromatic heterocycles. The van der Waals surface area contributed by atoms with Crippen LogP contribution >= 0.6 is 0 Å². The van der Waals surface area contributed by atoms with Crippen molar-refractivity contribution in [2.24, 2.45) is 0 Å². The summed E-state index contributed by atoms with van der Waals surface area (Å²) in [6, 6.07) is 1.41. The van der Waals surface area contributed by atoms with E-state index in [1.165, 1.54) is 38.8 Å². The topological polar surface area (TPSA) is 26.7 Å². The summed E-state index contributed by atoms with van der Waals surface area (Å²) in [5, 5.41) is 9.19. The molecule has 1 heterocycles. The summed E-state index contributed by atoms with van der Waals surface area (Å²) in [6.45, 7) is 7.32. The summed E-state index contributed by atoms with van der Waals surface area (Å²) < 4.78 is 0. The van der Waals surface area contributed by atoms with Gasteiger partial charge >= 0.3 is 0 Å². The third-order valence-corrected chi connectivity index (χ3v) is 4.32. The molecule has 1 saturated carbocycles. The molecular weight excluding hydrogens is 200 g/mol. The van der Waals surface area contributed by atoms with E-state index in [4.69, 9.17) is 0 Å². The van der Waals surface area contributed by atoms with Crippen LogP contribution in [0.2, 0.25) is 0 Å². The van der Waals surface area contributed by atoms with Gasteiger partial charge in [0.1, 0.15) is 0 Å². The van der Waals surface area contributed by atoms with Crippen molar-refractivity contribution >= 4 is 0 Å². The van der Waals surface area contributed by atoms with E-state index in [9.17, 15) is 5.11 Å². The number of piperazine rings is 1. The maximum atomic E-state index is 9.19. The number of aliphatic hydroxyl groups is 1. The van der Waals surface area contributed by atoms with Crippen molar-refractivity contribution in [3.63, 3.8) is 0 Å². The fourth-order valence-corrected chi connectivity index (χ4v) is 3.34. The summed E-state index contributed by atoms with van der Waals surface area (Å²) in [6.07, 6.45) is 6.53. The first kappa shape index (κ1) is 12.3. The average Bonchev–Trinajstić information content (AvgIpc) is 2.83. The average molecular weight is 226 g/mol. The molecule has 0 spiro atoms. The first-order valence-electron chi connectivity index (χ1n) is 6.94. The molecule has 1 aliphatic carbocycles. The van der Waals surface area contributed by atoms with Gasteiger partial charge in [0.25, 0.3) is 0 Å². The van der Waals surface area contributed by atoms with Crippen LogP contribution in [-0.2, 0) is 0 Å². The molecule has 2 rings (SSSR count). The van der Waals surface area contributed by atoms with Gasteiger partial charge in [-0.05, 0) is 25.8 Å². The molecule has 1 saturated heterocycles. The lowest BCUT2D eigenvalue weighted by Gasteiger charge is -2.44. The van der Waals surface area contributed by atoms with E-state index >= 15 is 0 Å². The summed E-state index contributed by atoms with van der Waals surface area (Å²) >= 11 is 0. The van der Waals surface area contributed by atoms with Gasteiger partial charge in [0.05, 0.1) is 0 Å². The molecule has 0 radical (unpaired) electrons. The highest BCUT2D eigenvalue weighted by molar-refractivity contribution is 4.88. The van der Waals surface area contributed by atoms with Crippen LogP contribution in [0.25, 0.3) is 0 Å². The van der Waals surface area contributed by atoms with Crippen LogP contribution < -0.4 is 0 Å². The third kappa shape index (κ3) is 2.76. The molecule has 3 heteroatoms. The van der Waals surface area contributed by atoms with Crippen molar-refractivity contribution in [3.8, 4) is 0 Å². The lowest BCUT2D eigenvalue weighted by atomic mass is 10.0. The second-order valence-electron chi connectivity index (χ2n) is 5.24. The summed E-state index contributed by atoms with van der Waals surface area (Å²) in [5.74, 6) is 0. The van der Waals surface area contributed by atoms with Crippen LogP contribution in [-0.4, -0.2) is 59.8 Å². The molecule has 1 aliphatic heterocycles. The molecule has 0 amide bonds. The molecule has 1 N–H and O–H groups in total. The van der Waals surface area contributed by atoms with Crippen molar-refractivity contribution in [1.82, 2.24) is 9.80 Å². The Bertz CT molecular complexity index is 204. The van der Waals surface area contributed by atoms with Crippen LogP contribution in [0.15, 0.2) is 0 Å². The van der Waals surface area contributed by atoms with Gasteiger partial charge < -0.3 is 10.0 Å². The Balaban J connectivity index is 1.93. The first-order chi connectivity index (χ1) is 7.85. The Morgan fingerprint density at radius 1 is 1.19 bits per heavy atom. The van der Waals surface area contributed by atoms with Gasteiger partial charge in [0, 0.05) is 38.3 Å². The molecule has 94 valence electrons. The van der Waals surface area contributed by atoms with Crippen molar-refractivity contribution in [1.29, 1.82) is 0 Å². The predicted molar refractivity (Wildman–Crippen MR) is 66.6 cm³/mol. The smallest absolute Gasteiger partial charge is 0.0446 e. The van der Waals surface area contributed by atoms with E-state index in [1.807, 2.05) is 0 Å². The molecule has 0 bridgehead atoms. The normalized spacial score (nSPS) is 30.0. The number of aliphatic hydroxyl groups excluding tert-OH is 1. The molecule has 0 aromatic rings. The monoisotopic (exact) mass is 226 g/mol. The van der Waals surface area contributed by atoms with Crippen molar-refractivity contribution < 1.29 is 5.11 Å². The highest BCUT2D eigenvalue weighted by Crippen LogP contribution is 2.27. The van der Waals surface area contributed by atoms with Crippen LogP contribution in [0.4, 0.5) is 0 Å². The van der Waals surface area contributed by atoms with E-state index in [2.05, 4.69) is 16.7 Å². The first-order valence-corrected chi connectivity index (χ1v) is 6.94. The van der Waals surface area contributed by atoms with Crippen LogP contribution in [0.3, 0.4) is 0 Å². The fourth-order valence-electron chi connectivity index (χ4n) is 3.34. The van der Waals surface area contributed by atoms with Crippen molar-refractivity contribution in [3.05, 3.63) is 0 Å². The molecule has 1 unspecified atom stereocenters. The minimum Gasteiger partial charge on any atom is -0.396 e. The predicted octanol–water partition coefficient (Wildman–Crippen LogP) is 1.32. The Kier molecular flexibility index (Phi) is 4.62. The van der Waals surface area contributed by atoms with E-state index in [1.54, 1.807) is 0 Å². The summed E-state index contributed by atoms with van der Waals surface area (Å²) in [4.78, 5) is 5.21. The number of nitrogens with zero attached hydrogens (tertiary/aromatic N) is 2. The molecular formula is C13H26N2O. The van der Waals surface area contributed by atoms with Crippen LogP contribution in [0, 0.1) is 0 Å². The van der Waals surface area contributed by atoms with Gasteiger partial charge in [-0.1, -0.05) is 19.8 Å². The van der Waals surface area contributed by atoms with Gasteiger partial charge in [-0.2, -0.15) is 0 Å². The zero-order chi connectivity index (χ0) is 11.4. The summed E-state index contributed by atoms with van der Waals surface area (Å²) in [7, 11) is 0. The van der Waals surface area contributed by atoms with E-state index < -0.39 is 0 Å². The van der Waals surface area contributed by atoms with E-state index in [0.29, 0.717) is 12.6 Å². The highest BCUT2D eigenvalue weighted by atomic mass is 16.3. The quantitative estimate of drug-likeness (QED) is 0.783. The Morgan fingerprint density at radius 3 is 2.56 bits per heavy atom. The minimum absolute atomic E-state index is 0.339. The second kappa shape index (κ2) is 5.99. The zero-order valence-corrected chi connectivity index (χ0v) is 10.6.